The van der Waals surface area contributed by atoms with Crippen molar-refractivity contribution in [3.05, 3.63) is 29.2 Å². The number of nitrogens with zero attached hydrogens (tertiary/aromatic N) is 5. The predicted octanol–water partition coefficient (Wildman–Crippen LogP) is 0.557. The molecule has 0 amide bonds. The average Bonchev–Trinajstić information content (AvgIpc) is 2.82. The van der Waals surface area contributed by atoms with E-state index in [9.17, 15) is 0 Å². The molecule has 2 aromatic rings. The third-order valence-corrected chi connectivity index (χ3v) is 3.06. The Kier molecular flexibility index (Phi) is 3.38. The molecular formula is C12H20N6. The second-order valence-corrected chi connectivity index (χ2v) is 4.59. The van der Waals surface area contributed by atoms with Crippen LogP contribution in [0.25, 0.3) is 0 Å². The molecule has 18 heavy (non-hydrogen) atoms. The lowest BCUT2D eigenvalue weighted by Gasteiger charge is -2.20. The third kappa shape index (κ3) is 2.24. The Hall–Kier alpha value is -1.82. The highest BCUT2D eigenvalue weighted by atomic mass is 15.4. The van der Waals surface area contributed by atoms with Gasteiger partial charge in [0.25, 0.3) is 0 Å². The lowest BCUT2D eigenvalue weighted by atomic mass is 10.2. The van der Waals surface area contributed by atoms with Crippen LogP contribution < -0.4 is 10.6 Å². The van der Waals surface area contributed by atoms with Crippen LogP contribution in [-0.4, -0.2) is 26.6 Å². The maximum atomic E-state index is 5.80. The van der Waals surface area contributed by atoms with Crippen LogP contribution in [0, 0.1) is 6.92 Å². The van der Waals surface area contributed by atoms with E-state index in [0.29, 0.717) is 6.54 Å². The first-order valence-corrected chi connectivity index (χ1v) is 5.94. The number of hydrogen-bond acceptors (Lipinski definition) is 4. The van der Waals surface area contributed by atoms with E-state index in [1.165, 1.54) is 5.56 Å². The topological polar surface area (TPSA) is 64.9 Å². The van der Waals surface area contributed by atoms with Crippen molar-refractivity contribution in [3.8, 4) is 0 Å². The smallest absolute Gasteiger partial charge is 0.131 e. The van der Waals surface area contributed by atoms with Gasteiger partial charge in [-0.1, -0.05) is 0 Å². The molecule has 0 saturated carbocycles. The zero-order valence-corrected chi connectivity index (χ0v) is 11.4. The van der Waals surface area contributed by atoms with Gasteiger partial charge in [0.15, 0.2) is 0 Å². The quantitative estimate of drug-likeness (QED) is 0.858. The first-order chi connectivity index (χ1) is 8.52. The molecular weight excluding hydrogens is 228 g/mol. The third-order valence-electron chi connectivity index (χ3n) is 3.06. The molecule has 0 aliphatic rings. The highest BCUT2D eigenvalue weighted by molar-refractivity contribution is 5.49. The molecule has 6 heteroatoms. The van der Waals surface area contributed by atoms with Gasteiger partial charge in [0.05, 0.1) is 11.9 Å². The summed E-state index contributed by atoms with van der Waals surface area (Å²) in [4.78, 5) is 2.15. The van der Waals surface area contributed by atoms with Gasteiger partial charge in [0.2, 0.25) is 0 Å². The van der Waals surface area contributed by atoms with Crippen LogP contribution in [0.1, 0.15) is 16.8 Å². The van der Waals surface area contributed by atoms with E-state index in [-0.39, 0.29) is 0 Å². The monoisotopic (exact) mass is 248 g/mol. The zero-order chi connectivity index (χ0) is 13.3. The van der Waals surface area contributed by atoms with Crippen LogP contribution in [0.15, 0.2) is 12.4 Å². The molecule has 2 heterocycles. The van der Waals surface area contributed by atoms with E-state index in [0.717, 1.165) is 23.6 Å². The summed E-state index contributed by atoms with van der Waals surface area (Å²) in [6, 6.07) is 0. The number of aromatic nitrogens is 4. The molecule has 98 valence electrons. The number of rotatable bonds is 4. The molecule has 0 saturated heterocycles. The molecule has 0 spiro atoms. The fourth-order valence-corrected chi connectivity index (χ4v) is 2.31. The molecule has 0 aliphatic carbocycles. The number of aryl methyl sites for hydroxylation is 3. The van der Waals surface area contributed by atoms with Gasteiger partial charge < -0.3 is 10.6 Å². The van der Waals surface area contributed by atoms with Gasteiger partial charge in [0, 0.05) is 51.6 Å². The largest absolute Gasteiger partial charge is 0.355 e. The van der Waals surface area contributed by atoms with Crippen molar-refractivity contribution in [2.24, 2.45) is 19.8 Å². The SMILES string of the molecule is Cc1nn(C)c(N(C)Cc2cnn(C)c2)c1CN. The van der Waals surface area contributed by atoms with Gasteiger partial charge in [-0.3, -0.25) is 9.36 Å². The van der Waals surface area contributed by atoms with Crippen molar-refractivity contribution in [3.63, 3.8) is 0 Å². The molecule has 0 fully saturated rings. The lowest BCUT2D eigenvalue weighted by molar-refractivity contribution is 0.725. The van der Waals surface area contributed by atoms with Crippen LogP contribution in [-0.2, 0) is 27.2 Å². The fourth-order valence-electron chi connectivity index (χ4n) is 2.31. The summed E-state index contributed by atoms with van der Waals surface area (Å²) in [5, 5.41) is 8.60. The normalized spacial score (nSPS) is 10.9. The van der Waals surface area contributed by atoms with Crippen LogP contribution in [0.2, 0.25) is 0 Å². The fraction of sp³-hybridized carbons (Fsp3) is 0.500. The molecule has 6 nitrogen and oxygen atoms in total. The van der Waals surface area contributed by atoms with E-state index in [4.69, 9.17) is 5.73 Å². The second kappa shape index (κ2) is 4.81. The van der Waals surface area contributed by atoms with Crippen molar-refractivity contribution in [2.75, 3.05) is 11.9 Å². The number of hydrogen-bond donors (Lipinski definition) is 1. The average molecular weight is 248 g/mol. The molecule has 0 aliphatic heterocycles. The standard InChI is InChI=1S/C12H20N6/c1-9-11(5-13)12(18(4)15-9)16(2)7-10-6-14-17(3)8-10/h6,8H,5,7,13H2,1-4H3. The molecule has 2 rings (SSSR count). The summed E-state index contributed by atoms with van der Waals surface area (Å²) >= 11 is 0. The van der Waals surface area contributed by atoms with Crippen LogP contribution in [0.4, 0.5) is 5.82 Å². The highest BCUT2D eigenvalue weighted by Crippen LogP contribution is 2.22. The Balaban J connectivity index is 2.25. The maximum absolute atomic E-state index is 5.80. The van der Waals surface area contributed by atoms with Crippen molar-refractivity contribution in [1.82, 2.24) is 19.6 Å². The first-order valence-electron chi connectivity index (χ1n) is 5.94. The molecule has 0 radical (unpaired) electrons. The summed E-state index contributed by atoms with van der Waals surface area (Å²) in [5.74, 6) is 1.07. The Labute approximate surface area is 107 Å². The Bertz CT molecular complexity index is 539. The Morgan fingerprint density at radius 2 is 2.11 bits per heavy atom. The van der Waals surface area contributed by atoms with Crippen LogP contribution in [0.3, 0.4) is 0 Å². The summed E-state index contributed by atoms with van der Waals surface area (Å²) < 4.78 is 3.69. The summed E-state index contributed by atoms with van der Waals surface area (Å²) in [5.41, 5.74) is 9.07. The summed E-state index contributed by atoms with van der Waals surface area (Å²) in [6.45, 7) is 3.29. The van der Waals surface area contributed by atoms with Gasteiger partial charge in [-0.05, 0) is 6.92 Å². The predicted molar refractivity (Wildman–Crippen MR) is 71.2 cm³/mol. The minimum absolute atomic E-state index is 0.506. The van der Waals surface area contributed by atoms with Gasteiger partial charge in [-0.25, -0.2) is 0 Å². The van der Waals surface area contributed by atoms with Gasteiger partial charge in [0.1, 0.15) is 5.82 Å². The van der Waals surface area contributed by atoms with Crippen LogP contribution in [0.5, 0.6) is 0 Å². The van der Waals surface area contributed by atoms with Crippen molar-refractivity contribution >= 4 is 5.82 Å². The van der Waals surface area contributed by atoms with Gasteiger partial charge >= 0.3 is 0 Å². The lowest BCUT2D eigenvalue weighted by Crippen LogP contribution is -2.21. The van der Waals surface area contributed by atoms with E-state index in [1.807, 2.05) is 49.8 Å². The minimum Gasteiger partial charge on any atom is -0.355 e. The molecule has 0 atom stereocenters. The molecule has 0 bridgehead atoms. The minimum atomic E-state index is 0.506. The van der Waals surface area contributed by atoms with Gasteiger partial charge in [-0.15, -0.1) is 0 Å². The van der Waals surface area contributed by atoms with E-state index in [2.05, 4.69) is 15.1 Å². The summed E-state index contributed by atoms with van der Waals surface area (Å²) in [6.07, 6.45) is 3.89. The Morgan fingerprint density at radius 1 is 1.39 bits per heavy atom. The number of nitrogens with two attached hydrogens (primary N) is 1. The summed E-state index contributed by atoms with van der Waals surface area (Å²) in [7, 11) is 5.91. The van der Waals surface area contributed by atoms with Crippen molar-refractivity contribution in [2.45, 2.75) is 20.0 Å². The van der Waals surface area contributed by atoms with E-state index < -0.39 is 0 Å². The van der Waals surface area contributed by atoms with Crippen LogP contribution >= 0.6 is 0 Å². The van der Waals surface area contributed by atoms with Crippen molar-refractivity contribution < 1.29 is 0 Å². The molecule has 0 aromatic carbocycles. The van der Waals surface area contributed by atoms with E-state index in [1.54, 1.807) is 0 Å². The zero-order valence-electron chi connectivity index (χ0n) is 11.4. The highest BCUT2D eigenvalue weighted by Gasteiger charge is 2.16. The maximum Gasteiger partial charge on any atom is 0.131 e. The first kappa shape index (κ1) is 12.6. The van der Waals surface area contributed by atoms with E-state index >= 15 is 0 Å². The van der Waals surface area contributed by atoms with Crippen molar-refractivity contribution in [1.29, 1.82) is 0 Å². The molecule has 0 unspecified atom stereocenters. The molecule has 2 aromatic heterocycles. The molecule has 2 N–H and O–H groups in total. The second-order valence-electron chi connectivity index (χ2n) is 4.59. The number of anilines is 1. The Morgan fingerprint density at radius 3 is 2.67 bits per heavy atom. The van der Waals surface area contributed by atoms with Gasteiger partial charge in [-0.2, -0.15) is 10.2 Å².